The van der Waals surface area contributed by atoms with Gasteiger partial charge in [0.2, 0.25) is 5.91 Å². The molecule has 0 unspecified atom stereocenters. The molecule has 1 N–H and O–H groups in total. The highest BCUT2D eigenvalue weighted by molar-refractivity contribution is 5.90. The number of nitrogens with zero attached hydrogens (tertiary/aromatic N) is 1. The fourth-order valence-electron chi connectivity index (χ4n) is 2.40. The van der Waals surface area contributed by atoms with Crippen molar-refractivity contribution in [2.75, 3.05) is 13.7 Å². The van der Waals surface area contributed by atoms with Crippen LogP contribution < -0.4 is 5.32 Å². The van der Waals surface area contributed by atoms with E-state index >= 15 is 0 Å². The molecule has 0 radical (unpaired) electrons. The van der Waals surface area contributed by atoms with Crippen molar-refractivity contribution in [3.63, 3.8) is 0 Å². The standard InChI is InChI=1S/C17H28N2O5/c1-11(2)13(18-16(22)24-17(3,4)5)14(20)19-10-8-7-9-12(19)15(21)23-6/h7-8,11-13H,9-10H2,1-6H3,(H,18,22)/t12-,13-/m0/s1. The van der Waals surface area contributed by atoms with E-state index in [0.717, 1.165) is 0 Å². The zero-order valence-electron chi connectivity index (χ0n) is 15.3. The van der Waals surface area contributed by atoms with Gasteiger partial charge in [0.1, 0.15) is 17.7 Å². The normalized spacial score (nSPS) is 19.0. The Hall–Kier alpha value is -2.05. The van der Waals surface area contributed by atoms with Gasteiger partial charge in [0.05, 0.1) is 7.11 Å². The highest BCUT2D eigenvalue weighted by Crippen LogP contribution is 2.17. The first-order valence-corrected chi connectivity index (χ1v) is 8.09. The summed E-state index contributed by atoms with van der Waals surface area (Å²) in [5, 5.41) is 2.62. The maximum absolute atomic E-state index is 12.9. The van der Waals surface area contributed by atoms with Gasteiger partial charge >= 0.3 is 12.1 Å². The van der Waals surface area contributed by atoms with E-state index in [0.29, 0.717) is 13.0 Å². The Morgan fingerprint density at radius 1 is 1.21 bits per heavy atom. The van der Waals surface area contributed by atoms with Gasteiger partial charge in [-0.2, -0.15) is 0 Å². The zero-order valence-corrected chi connectivity index (χ0v) is 15.3. The second-order valence-corrected chi connectivity index (χ2v) is 7.10. The Labute approximate surface area is 143 Å². The Morgan fingerprint density at radius 3 is 2.33 bits per heavy atom. The van der Waals surface area contributed by atoms with Gasteiger partial charge in [-0.25, -0.2) is 9.59 Å². The highest BCUT2D eigenvalue weighted by atomic mass is 16.6. The molecule has 7 nitrogen and oxygen atoms in total. The Balaban J connectivity index is 2.90. The van der Waals surface area contributed by atoms with Crippen molar-refractivity contribution in [2.45, 2.75) is 58.7 Å². The van der Waals surface area contributed by atoms with Crippen LogP contribution >= 0.6 is 0 Å². The lowest BCUT2D eigenvalue weighted by Crippen LogP contribution is -2.57. The fraction of sp³-hybridized carbons (Fsp3) is 0.706. The molecule has 0 aromatic carbocycles. The van der Waals surface area contributed by atoms with Crippen LogP contribution in [0.2, 0.25) is 0 Å². The molecule has 0 bridgehead atoms. The number of alkyl carbamates (subject to hydrolysis) is 1. The molecule has 0 saturated carbocycles. The smallest absolute Gasteiger partial charge is 0.408 e. The molecule has 0 spiro atoms. The SMILES string of the molecule is COC(=O)[C@@H]1CC=CCN1C(=O)[C@@H](NC(=O)OC(C)(C)C)C(C)C. The van der Waals surface area contributed by atoms with Crippen molar-refractivity contribution < 1.29 is 23.9 Å². The van der Waals surface area contributed by atoms with Gasteiger partial charge in [-0.3, -0.25) is 4.79 Å². The van der Waals surface area contributed by atoms with Crippen LogP contribution in [-0.2, 0) is 19.1 Å². The quantitative estimate of drug-likeness (QED) is 0.624. The minimum atomic E-state index is -0.779. The van der Waals surface area contributed by atoms with Crippen molar-refractivity contribution in [1.29, 1.82) is 0 Å². The lowest BCUT2D eigenvalue weighted by molar-refractivity contribution is -0.153. The molecule has 2 amide bonds. The van der Waals surface area contributed by atoms with Gasteiger partial charge in [0.15, 0.2) is 0 Å². The van der Waals surface area contributed by atoms with Gasteiger partial charge in [-0.05, 0) is 33.1 Å². The molecular formula is C17H28N2O5. The largest absolute Gasteiger partial charge is 0.467 e. The monoisotopic (exact) mass is 340 g/mol. The molecule has 24 heavy (non-hydrogen) atoms. The van der Waals surface area contributed by atoms with Crippen LogP contribution in [0.3, 0.4) is 0 Å². The number of hydrogen-bond donors (Lipinski definition) is 1. The van der Waals surface area contributed by atoms with Crippen LogP contribution in [0, 0.1) is 5.92 Å². The second-order valence-electron chi connectivity index (χ2n) is 7.10. The summed E-state index contributed by atoms with van der Waals surface area (Å²) in [7, 11) is 1.29. The van der Waals surface area contributed by atoms with E-state index in [-0.39, 0.29) is 11.8 Å². The third-order valence-corrected chi connectivity index (χ3v) is 3.57. The number of amides is 2. The van der Waals surface area contributed by atoms with Gasteiger partial charge in [0.25, 0.3) is 0 Å². The molecule has 1 aliphatic rings. The predicted molar refractivity (Wildman–Crippen MR) is 89.3 cm³/mol. The number of nitrogens with one attached hydrogen (secondary N) is 1. The Morgan fingerprint density at radius 2 is 1.83 bits per heavy atom. The molecular weight excluding hydrogens is 312 g/mol. The number of hydrogen-bond acceptors (Lipinski definition) is 5. The minimum Gasteiger partial charge on any atom is -0.467 e. The van der Waals surface area contributed by atoms with Crippen LogP contribution in [0.25, 0.3) is 0 Å². The summed E-state index contributed by atoms with van der Waals surface area (Å²) < 4.78 is 10.0. The fourth-order valence-corrected chi connectivity index (χ4v) is 2.40. The van der Waals surface area contributed by atoms with E-state index in [1.165, 1.54) is 12.0 Å². The molecule has 136 valence electrons. The van der Waals surface area contributed by atoms with E-state index < -0.39 is 29.7 Å². The molecule has 0 aliphatic carbocycles. The summed E-state index contributed by atoms with van der Waals surface area (Å²) in [6, 6.07) is -1.45. The van der Waals surface area contributed by atoms with Crippen molar-refractivity contribution in [2.24, 2.45) is 5.92 Å². The lowest BCUT2D eigenvalue weighted by atomic mass is 10.00. The third kappa shape index (κ3) is 5.54. The molecule has 1 rings (SSSR count). The summed E-state index contributed by atoms with van der Waals surface area (Å²) in [5.41, 5.74) is -0.656. The summed E-state index contributed by atoms with van der Waals surface area (Å²) in [6.07, 6.45) is 3.41. The van der Waals surface area contributed by atoms with E-state index in [9.17, 15) is 14.4 Å². The lowest BCUT2D eigenvalue weighted by Gasteiger charge is -2.35. The number of carbonyl (C=O) groups excluding carboxylic acids is 3. The minimum absolute atomic E-state index is 0.158. The average molecular weight is 340 g/mol. The molecule has 0 aromatic rings. The number of ether oxygens (including phenoxy) is 2. The number of esters is 1. The van der Waals surface area contributed by atoms with Crippen LogP contribution in [-0.4, -0.2) is 54.2 Å². The van der Waals surface area contributed by atoms with Crippen LogP contribution in [0.1, 0.15) is 41.0 Å². The van der Waals surface area contributed by atoms with Gasteiger partial charge in [-0.15, -0.1) is 0 Å². The Bertz CT molecular complexity index is 508. The van der Waals surface area contributed by atoms with Crippen molar-refractivity contribution in [1.82, 2.24) is 10.2 Å². The number of methoxy groups -OCH3 is 1. The third-order valence-electron chi connectivity index (χ3n) is 3.57. The summed E-state index contributed by atoms with van der Waals surface area (Å²) in [4.78, 5) is 38.3. The first-order chi connectivity index (χ1) is 11.1. The summed E-state index contributed by atoms with van der Waals surface area (Å²) in [6.45, 7) is 9.21. The van der Waals surface area contributed by atoms with Crippen LogP contribution in [0.5, 0.6) is 0 Å². The topological polar surface area (TPSA) is 84.9 Å². The highest BCUT2D eigenvalue weighted by Gasteiger charge is 2.37. The van der Waals surface area contributed by atoms with E-state index in [1.54, 1.807) is 20.8 Å². The van der Waals surface area contributed by atoms with Crippen LogP contribution in [0.4, 0.5) is 4.79 Å². The van der Waals surface area contributed by atoms with E-state index in [4.69, 9.17) is 9.47 Å². The maximum Gasteiger partial charge on any atom is 0.408 e. The average Bonchev–Trinajstić information content (AvgIpc) is 2.49. The molecule has 0 saturated heterocycles. The van der Waals surface area contributed by atoms with Crippen molar-refractivity contribution in [3.05, 3.63) is 12.2 Å². The Kier molecular flexibility index (Phi) is 6.81. The molecule has 1 aliphatic heterocycles. The maximum atomic E-state index is 12.9. The summed E-state index contributed by atoms with van der Waals surface area (Å²) >= 11 is 0. The summed E-state index contributed by atoms with van der Waals surface area (Å²) in [5.74, 6) is -0.947. The molecule has 0 fully saturated rings. The van der Waals surface area contributed by atoms with Gasteiger partial charge in [0, 0.05) is 6.54 Å². The van der Waals surface area contributed by atoms with Crippen LogP contribution in [0.15, 0.2) is 12.2 Å². The molecule has 7 heteroatoms. The first-order valence-electron chi connectivity index (χ1n) is 8.09. The molecule has 1 heterocycles. The van der Waals surface area contributed by atoms with Crippen molar-refractivity contribution >= 4 is 18.0 Å². The number of carbonyl (C=O) groups is 3. The van der Waals surface area contributed by atoms with E-state index in [1.807, 2.05) is 26.0 Å². The number of rotatable bonds is 4. The van der Waals surface area contributed by atoms with Crippen molar-refractivity contribution in [3.8, 4) is 0 Å². The van der Waals surface area contributed by atoms with Gasteiger partial charge < -0.3 is 19.7 Å². The van der Waals surface area contributed by atoms with E-state index in [2.05, 4.69) is 5.32 Å². The molecule has 2 atom stereocenters. The molecule has 0 aromatic heterocycles. The van der Waals surface area contributed by atoms with Gasteiger partial charge in [-0.1, -0.05) is 26.0 Å². The second kappa shape index (κ2) is 8.17. The first kappa shape index (κ1) is 20.0. The predicted octanol–water partition coefficient (Wildman–Crippen LogP) is 1.87. The zero-order chi connectivity index (χ0) is 18.5.